The summed E-state index contributed by atoms with van der Waals surface area (Å²) in [6.45, 7) is 8.97. The van der Waals surface area contributed by atoms with Crippen molar-refractivity contribution in [3.8, 4) is 0 Å². The molecule has 7 heteroatoms. The van der Waals surface area contributed by atoms with Gasteiger partial charge in [-0.15, -0.1) is 24.0 Å². The molecule has 0 spiro atoms. The van der Waals surface area contributed by atoms with E-state index in [1.54, 1.807) is 6.26 Å². The third-order valence-electron chi connectivity index (χ3n) is 3.65. The first-order chi connectivity index (χ1) is 9.83. The summed E-state index contributed by atoms with van der Waals surface area (Å²) < 4.78 is 4.81. The maximum atomic E-state index is 4.81. The van der Waals surface area contributed by atoms with Crippen molar-refractivity contribution in [2.24, 2.45) is 4.99 Å². The summed E-state index contributed by atoms with van der Waals surface area (Å²) in [5, 5.41) is 10.6. The van der Waals surface area contributed by atoms with Crippen LogP contribution in [0.1, 0.15) is 32.4 Å². The Balaban J connectivity index is 0.00000220. The molecule has 0 aliphatic carbocycles. The number of hydrogen-bond donors (Lipinski definition) is 2. The van der Waals surface area contributed by atoms with Crippen LogP contribution in [0.4, 0.5) is 0 Å². The SMILES string of the molecule is CCNC(=NCc1ccon1)NCC1CCCN1CC.I. The molecule has 0 saturated carbocycles. The Morgan fingerprint density at radius 3 is 3.00 bits per heavy atom. The summed E-state index contributed by atoms with van der Waals surface area (Å²) >= 11 is 0. The minimum absolute atomic E-state index is 0. The Hall–Kier alpha value is -0.830. The molecule has 1 aromatic heterocycles. The third kappa shape index (κ3) is 5.82. The summed E-state index contributed by atoms with van der Waals surface area (Å²) in [6, 6.07) is 2.46. The highest BCUT2D eigenvalue weighted by molar-refractivity contribution is 14.0. The van der Waals surface area contributed by atoms with E-state index in [0.717, 1.165) is 31.3 Å². The van der Waals surface area contributed by atoms with Crippen molar-refractivity contribution in [3.05, 3.63) is 18.0 Å². The maximum Gasteiger partial charge on any atom is 0.191 e. The molecule has 0 amide bonds. The average Bonchev–Trinajstić information content (AvgIpc) is 3.12. The van der Waals surface area contributed by atoms with Gasteiger partial charge in [-0.2, -0.15) is 0 Å². The maximum absolute atomic E-state index is 4.81. The highest BCUT2D eigenvalue weighted by Crippen LogP contribution is 2.15. The normalized spacial score (nSPS) is 19.3. The van der Waals surface area contributed by atoms with Gasteiger partial charge < -0.3 is 15.2 Å². The first-order valence-corrected chi connectivity index (χ1v) is 7.49. The lowest BCUT2D eigenvalue weighted by Crippen LogP contribution is -2.44. The number of nitrogens with one attached hydrogen (secondary N) is 2. The van der Waals surface area contributed by atoms with Gasteiger partial charge in [-0.25, -0.2) is 4.99 Å². The Labute approximate surface area is 143 Å². The van der Waals surface area contributed by atoms with Crippen molar-refractivity contribution in [2.75, 3.05) is 26.2 Å². The standard InChI is InChI=1S/C14H25N5O.HI/c1-3-15-14(16-10-12-7-9-20-18-12)17-11-13-6-5-8-19(13)4-2;/h7,9,13H,3-6,8,10-11H2,1-2H3,(H2,15,16,17);1H. The van der Waals surface area contributed by atoms with Crippen molar-refractivity contribution < 1.29 is 4.52 Å². The molecule has 2 rings (SSSR count). The molecule has 6 nitrogen and oxygen atoms in total. The Kier molecular flexibility index (Phi) is 8.67. The van der Waals surface area contributed by atoms with Crippen LogP contribution in [0.15, 0.2) is 21.8 Å². The Morgan fingerprint density at radius 1 is 1.48 bits per heavy atom. The highest BCUT2D eigenvalue weighted by Gasteiger charge is 2.22. The van der Waals surface area contributed by atoms with Crippen LogP contribution in [0.5, 0.6) is 0 Å². The zero-order valence-corrected chi connectivity index (χ0v) is 15.2. The van der Waals surface area contributed by atoms with Gasteiger partial charge in [0.25, 0.3) is 0 Å². The number of halogens is 1. The molecule has 2 heterocycles. The van der Waals surface area contributed by atoms with E-state index in [1.807, 2.05) is 6.07 Å². The molecule has 0 aromatic carbocycles. The third-order valence-corrected chi connectivity index (χ3v) is 3.65. The van der Waals surface area contributed by atoms with Gasteiger partial charge in [-0.3, -0.25) is 4.90 Å². The number of rotatable bonds is 6. The van der Waals surface area contributed by atoms with Crippen molar-refractivity contribution in [3.63, 3.8) is 0 Å². The molecule has 1 aliphatic heterocycles. The van der Waals surface area contributed by atoms with Crippen LogP contribution >= 0.6 is 24.0 Å². The van der Waals surface area contributed by atoms with Gasteiger partial charge in [0.15, 0.2) is 5.96 Å². The van der Waals surface area contributed by atoms with E-state index in [-0.39, 0.29) is 24.0 Å². The summed E-state index contributed by atoms with van der Waals surface area (Å²) in [5.74, 6) is 0.846. The molecular formula is C14H26IN5O. The lowest BCUT2D eigenvalue weighted by molar-refractivity contribution is 0.267. The monoisotopic (exact) mass is 407 g/mol. The van der Waals surface area contributed by atoms with Crippen molar-refractivity contribution in [1.29, 1.82) is 0 Å². The predicted molar refractivity (Wildman–Crippen MR) is 95.0 cm³/mol. The second kappa shape index (κ2) is 9.99. The van der Waals surface area contributed by atoms with E-state index in [4.69, 9.17) is 4.52 Å². The van der Waals surface area contributed by atoms with E-state index >= 15 is 0 Å². The minimum atomic E-state index is 0. The molecule has 1 saturated heterocycles. The number of hydrogen-bond acceptors (Lipinski definition) is 4. The number of aromatic nitrogens is 1. The molecule has 21 heavy (non-hydrogen) atoms. The van der Waals surface area contributed by atoms with Crippen molar-refractivity contribution in [1.82, 2.24) is 20.7 Å². The van der Waals surface area contributed by atoms with Crippen LogP contribution in [0, 0.1) is 0 Å². The second-order valence-corrected chi connectivity index (χ2v) is 4.99. The van der Waals surface area contributed by atoms with Crippen LogP contribution in [-0.2, 0) is 6.54 Å². The largest absolute Gasteiger partial charge is 0.364 e. The number of likely N-dealkylation sites (tertiary alicyclic amines) is 1. The van der Waals surface area contributed by atoms with E-state index in [9.17, 15) is 0 Å². The zero-order chi connectivity index (χ0) is 14.2. The number of aliphatic imine (C=N–C) groups is 1. The van der Waals surface area contributed by atoms with Crippen LogP contribution in [0.3, 0.4) is 0 Å². The van der Waals surface area contributed by atoms with E-state index in [0.29, 0.717) is 12.6 Å². The quantitative estimate of drug-likeness (QED) is 0.428. The van der Waals surface area contributed by atoms with Gasteiger partial charge in [0, 0.05) is 25.2 Å². The summed E-state index contributed by atoms with van der Waals surface area (Å²) in [4.78, 5) is 7.04. The number of guanidine groups is 1. The fourth-order valence-corrected chi connectivity index (χ4v) is 2.58. The second-order valence-electron chi connectivity index (χ2n) is 4.99. The fraction of sp³-hybridized carbons (Fsp3) is 0.714. The Bertz CT molecular complexity index is 410. The number of likely N-dealkylation sites (N-methyl/N-ethyl adjacent to an activating group) is 1. The first kappa shape index (κ1) is 18.2. The predicted octanol–water partition coefficient (Wildman–Crippen LogP) is 1.83. The van der Waals surface area contributed by atoms with Crippen LogP contribution < -0.4 is 10.6 Å². The summed E-state index contributed by atoms with van der Waals surface area (Å²) in [7, 11) is 0. The fourth-order valence-electron chi connectivity index (χ4n) is 2.58. The molecular weight excluding hydrogens is 381 g/mol. The van der Waals surface area contributed by atoms with Gasteiger partial charge in [-0.05, 0) is 32.9 Å². The van der Waals surface area contributed by atoms with Crippen LogP contribution in [0.2, 0.25) is 0 Å². The van der Waals surface area contributed by atoms with Crippen molar-refractivity contribution >= 4 is 29.9 Å². The zero-order valence-electron chi connectivity index (χ0n) is 12.8. The van der Waals surface area contributed by atoms with Gasteiger partial charge in [0.1, 0.15) is 12.0 Å². The first-order valence-electron chi connectivity index (χ1n) is 7.49. The van der Waals surface area contributed by atoms with Gasteiger partial charge in [0.05, 0.1) is 6.54 Å². The molecule has 1 aromatic rings. The van der Waals surface area contributed by atoms with E-state index < -0.39 is 0 Å². The van der Waals surface area contributed by atoms with Gasteiger partial charge in [-0.1, -0.05) is 12.1 Å². The van der Waals surface area contributed by atoms with Gasteiger partial charge >= 0.3 is 0 Å². The van der Waals surface area contributed by atoms with E-state index in [2.05, 4.69) is 39.5 Å². The molecule has 1 atom stereocenters. The molecule has 0 bridgehead atoms. The van der Waals surface area contributed by atoms with E-state index in [1.165, 1.54) is 19.4 Å². The van der Waals surface area contributed by atoms with Crippen molar-refractivity contribution in [2.45, 2.75) is 39.3 Å². The molecule has 0 radical (unpaired) electrons. The molecule has 1 fully saturated rings. The smallest absolute Gasteiger partial charge is 0.191 e. The lowest BCUT2D eigenvalue weighted by Gasteiger charge is -2.23. The molecule has 1 aliphatic rings. The summed E-state index contributed by atoms with van der Waals surface area (Å²) in [5.41, 5.74) is 0.846. The minimum Gasteiger partial charge on any atom is -0.364 e. The Morgan fingerprint density at radius 2 is 2.33 bits per heavy atom. The molecule has 2 N–H and O–H groups in total. The topological polar surface area (TPSA) is 65.7 Å². The average molecular weight is 407 g/mol. The summed E-state index contributed by atoms with van der Waals surface area (Å²) in [6.07, 6.45) is 4.14. The number of nitrogens with zero attached hydrogens (tertiary/aromatic N) is 3. The molecule has 120 valence electrons. The van der Waals surface area contributed by atoms with Crippen LogP contribution in [-0.4, -0.2) is 48.2 Å². The van der Waals surface area contributed by atoms with Crippen LogP contribution in [0.25, 0.3) is 0 Å². The highest BCUT2D eigenvalue weighted by atomic mass is 127. The lowest BCUT2D eigenvalue weighted by atomic mass is 10.2. The van der Waals surface area contributed by atoms with Gasteiger partial charge in [0.2, 0.25) is 0 Å². The molecule has 1 unspecified atom stereocenters.